The molecule has 0 unspecified atom stereocenters. The summed E-state index contributed by atoms with van der Waals surface area (Å²) < 4.78 is 2.48. The minimum absolute atomic E-state index is 0.493. The van der Waals surface area contributed by atoms with Gasteiger partial charge in [0.25, 0.3) is 0 Å². The summed E-state index contributed by atoms with van der Waals surface area (Å²) in [7, 11) is 0. The predicted octanol–water partition coefficient (Wildman–Crippen LogP) is 4.69. The normalized spacial score (nSPS) is 15.6. The van der Waals surface area contributed by atoms with E-state index in [0.29, 0.717) is 6.04 Å². The number of nitrogens with zero attached hydrogens (tertiary/aromatic N) is 5. The number of imidazole rings is 1. The van der Waals surface area contributed by atoms with E-state index in [1.54, 1.807) is 6.33 Å². The van der Waals surface area contributed by atoms with Gasteiger partial charge in [-0.2, -0.15) is 0 Å². The molecule has 1 aliphatic heterocycles. The van der Waals surface area contributed by atoms with Gasteiger partial charge in [-0.05, 0) is 43.5 Å². The van der Waals surface area contributed by atoms with Crippen molar-refractivity contribution < 1.29 is 0 Å². The van der Waals surface area contributed by atoms with E-state index in [2.05, 4.69) is 75.7 Å². The fourth-order valence-corrected chi connectivity index (χ4v) is 4.59. The first-order valence-electron chi connectivity index (χ1n) is 10.2. The van der Waals surface area contributed by atoms with E-state index < -0.39 is 0 Å². The van der Waals surface area contributed by atoms with Gasteiger partial charge in [0.15, 0.2) is 0 Å². The van der Waals surface area contributed by atoms with E-state index in [9.17, 15) is 0 Å². The molecular formula is C23H25N5. The van der Waals surface area contributed by atoms with Crippen molar-refractivity contribution in [3.63, 3.8) is 0 Å². The fourth-order valence-electron chi connectivity index (χ4n) is 4.59. The van der Waals surface area contributed by atoms with Crippen LogP contribution in [-0.4, -0.2) is 32.6 Å². The predicted molar refractivity (Wildman–Crippen MR) is 114 cm³/mol. The zero-order chi connectivity index (χ0) is 19.1. The Labute approximate surface area is 165 Å². The third-order valence-electron chi connectivity index (χ3n) is 5.97. The number of hydrogen-bond acceptors (Lipinski definition) is 4. The molecule has 1 aliphatic rings. The lowest BCUT2D eigenvalue weighted by Gasteiger charge is -2.35. The molecule has 5 nitrogen and oxygen atoms in total. The molecular weight excluding hydrogens is 346 g/mol. The number of benzene rings is 2. The maximum Gasteiger partial charge on any atom is 0.140 e. The first-order valence-corrected chi connectivity index (χ1v) is 10.2. The van der Waals surface area contributed by atoms with Gasteiger partial charge in [-0.1, -0.05) is 31.2 Å². The summed E-state index contributed by atoms with van der Waals surface area (Å²) in [6.45, 7) is 6.34. The average Bonchev–Trinajstić information content (AvgIpc) is 3.12. The van der Waals surface area contributed by atoms with E-state index in [4.69, 9.17) is 4.98 Å². The molecule has 0 saturated carbocycles. The molecule has 5 rings (SSSR count). The first-order chi connectivity index (χ1) is 13.8. The molecule has 142 valence electrons. The second-order valence-corrected chi connectivity index (χ2v) is 7.62. The highest BCUT2D eigenvalue weighted by atomic mass is 15.2. The summed E-state index contributed by atoms with van der Waals surface area (Å²) in [5.74, 6) is 2.27. The fraction of sp³-hybridized carbons (Fsp3) is 0.348. The largest absolute Gasteiger partial charge is 0.356 e. The molecule has 28 heavy (non-hydrogen) atoms. The molecule has 0 spiro atoms. The van der Waals surface area contributed by atoms with Gasteiger partial charge in [-0.3, -0.25) is 0 Å². The molecule has 0 aliphatic carbocycles. The van der Waals surface area contributed by atoms with Crippen LogP contribution < -0.4 is 4.90 Å². The number of para-hydroxylation sites is 2. The maximum atomic E-state index is 4.86. The Kier molecular flexibility index (Phi) is 4.23. The molecule has 0 bridgehead atoms. The van der Waals surface area contributed by atoms with Gasteiger partial charge < -0.3 is 9.47 Å². The molecule has 0 radical (unpaired) electrons. The van der Waals surface area contributed by atoms with Gasteiger partial charge in [0.1, 0.15) is 18.0 Å². The van der Waals surface area contributed by atoms with Crippen LogP contribution in [0.4, 0.5) is 5.82 Å². The maximum absolute atomic E-state index is 4.86. The van der Waals surface area contributed by atoms with Crippen molar-refractivity contribution in [2.24, 2.45) is 0 Å². The van der Waals surface area contributed by atoms with Crippen LogP contribution in [0.25, 0.3) is 21.9 Å². The molecule has 1 saturated heterocycles. The molecule has 1 fully saturated rings. The number of rotatable bonds is 3. The molecule has 5 heteroatoms. The number of aromatic nitrogens is 4. The Morgan fingerprint density at radius 2 is 1.75 bits per heavy atom. The van der Waals surface area contributed by atoms with Crippen molar-refractivity contribution in [1.29, 1.82) is 0 Å². The number of piperidine rings is 1. The number of anilines is 1. The first kappa shape index (κ1) is 17.2. The second kappa shape index (κ2) is 6.89. The van der Waals surface area contributed by atoms with Crippen LogP contribution in [0.2, 0.25) is 0 Å². The summed E-state index contributed by atoms with van der Waals surface area (Å²) in [5, 5.41) is 1.19. The molecule has 0 atom stereocenters. The minimum Gasteiger partial charge on any atom is -0.356 e. The van der Waals surface area contributed by atoms with Gasteiger partial charge in [-0.15, -0.1) is 0 Å². The van der Waals surface area contributed by atoms with Crippen LogP contribution in [-0.2, 0) is 6.42 Å². The lowest BCUT2D eigenvalue weighted by Crippen LogP contribution is -2.35. The van der Waals surface area contributed by atoms with Gasteiger partial charge in [-0.25, -0.2) is 15.0 Å². The molecule has 2 aromatic carbocycles. The smallest absolute Gasteiger partial charge is 0.140 e. The van der Waals surface area contributed by atoms with Gasteiger partial charge in [0.05, 0.1) is 16.6 Å². The van der Waals surface area contributed by atoms with Crippen molar-refractivity contribution in [1.82, 2.24) is 19.5 Å². The Morgan fingerprint density at radius 3 is 2.57 bits per heavy atom. The third kappa shape index (κ3) is 2.73. The zero-order valence-electron chi connectivity index (χ0n) is 16.5. The van der Waals surface area contributed by atoms with Crippen LogP contribution in [0.1, 0.15) is 37.2 Å². The Balaban J connectivity index is 1.45. The Hall–Kier alpha value is -2.95. The molecule has 0 amide bonds. The molecule has 4 aromatic rings. The van der Waals surface area contributed by atoms with Crippen molar-refractivity contribution in [3.8, 4) is 0 Å². The van der Waals surface area contributed by atoms with Crippen LogP contribution in [0, 0.1) is 6.92 Å². The lowest BCUT2D eigenvalue weighted by atomic mass is 10.0. The summed E-state index contributed by atoms with van der Waals surface area (Å²) >= 11 is 0. The second-order valence-electron chi connectivity index (χ2n) is 7.62. The van der Waals surface area contributed by atoms with Crippen LogP contribution in [0.15, 0.2) is 48.8 Å². The summed E-state index contributed by atoms with van der Waals surface area (Å²) in [4.78, 5) is 16.4. The minimum atomic E-state index is 0.493. The number of fused-ring (bicyclic) bond motifs is 2. The van der Waals surface area contributed by atoms with Crippen molar-refractivity contribution >= 4 is 27.8 Å². The highest BCUT2D eigenvalue weighted by Gasteiger charge is 2.25. The van der Waals surface area contributed by atoms with E-state index in [0.717, 1.165) is 49.2 Å². The van der Waals surface area contributed by atoms with E-state index in [-0.39, 0.29) is 0 Å². The van der Waals surface area contributed by atoms with E-state index in [1.807, 2.05) is 0 Å². The van der Waals surface area contributed by atoms with Gasteiger partial charge >= 0.3 is 0 Å². The average molecular weight is 371 g/mol. The number of hydrogen-bond donors (Lipinski definition) is 0. The quantitative estimate of drug-likeness (QED) is 0.524. The SMILES string of the molecule is CCc1nc2ccccc2n1C1CCN(c2ncnc3cccc(C)c23)CC1. The summed E-state index contributed by atoms with van der Waals surface area (Å²) in [5.41, 5.74) is 4.64. The summed E-state index contributed by atoms with van der Waals surface area (Å²) in [6.07, 6.45) is 4.86. The van der Waals surface area contributed by atoms with Crippen LogP contribution in [0.3, 0.4) is 0 Å². The molecule has 3 heterocycles. The van der Waals surface area contributed by atoms with Gasteiger partial charge in [0, 0.05) is 30.9 Å². The third-order valence-corrected chi connectivity index (χ3v) is 5.97. The highest BCUT2D eigenvalue weighted by Crippen LogP contribution is 2.33. The topological polar surface area (TPSA) is 46.8 Å². The van der Waals surface area contributed by atoms with Crippen LogP contribution >= 0.6 is 0 Å². The Bertz CT molecular complexity index is 1130. The van der Waals surface area contributed by atoms with Crippen molar-refractivity contribution in [3.05, 3.63) is 60.2 Å². The van der Waals surface area contributed by atoms with Crippen LogP contribution in [0.5, 0.6) is 0 Å². The van der Waals surface area contributed by atoms with Gasteiger partial charge in [0.2, 0.25) is 0 Å². The van der Waals surface area contributed by atoms with Crippen molar-refractivity contribution in [2.45, 2.75) is 39.2 Å². The monoisotopic (exact) mass is 371 g/mol. The van der Waals surface area contributed by atoms with Crippen molar-refractivity contribution in [2.75, 3.05) is 18.0 Å². The zero-order valence-corrected chi connectivity index (χ0v) is 16.5. The summed E-state index contributed by atoms with van der Waals surface area (Å²) in [6, 6.07) is 15.3. The highest BCUT2D eigenvalue weighted by molar-refractivity contribution is 5.92. The van der Waals surface area contributed by atoms with E-state index in [1.165, 1.54) is 22.3 Å². The molecule has 0 N–H and O–H groups in total. The number of aryl methyl sites for hydroxylation is 2. The van der Waals surface area contributed by atoms with E-state index >= 15 is 0 Å². The lowest BCUT2D eigenvalue weighted by molar-refractivity contribution is 0.394. The molecule has 2 aromatic heterocycles. The Morgan fingerprint density at radius 1 is 0.964 bits per heavy atom. The standard InChI is InChI=1S/C23H25N5/c1-3-21-26-18-8-4-5-10-20(18)28(21)17-11-13-27(14-12-17)23-22-16(2)7-6-9-19(22)24-15-25-23/h4-10,15,17H,3,11-14H2,1-2H3.